The molecule has 2 bridgehead atoms. The molecule has 5 aliphatic carbocycles. The van der Waals surface area contributed by atoms with Crippen LogP contribution in [-0.4, -0.2) is 56.4 Å². The van der Waals surface area contributed by atoms with Crippen LogP contribution < -0.4 is 16.2 Å². The summed E-state index contributed by atoms with van der Waals surface area (Å²) >= 11 is 0. The zero-order chi connectivity index (χ0) is 49.5. The summed E-state index contributed by atoms with van der Waals surface area (Å²) in [4.78, 5) is 38.7. The molecule has 3 aromatic rings. The highest BCUT2D eigenvalue weighted by Crippen LogP contribution is 2.56. The van der Waals surface area contributed by atoms with Crippen LogP contribution in [0.1, 0.15) is 157 Å². The highest BCUT2D eigenvalue weighted by molar-refractivity contribution is 5.74. The fraction of sp³-hybridized carbons (Fsp3) is 0.557. The summed E-state index contributed by atoms with van der Waals surface area (Å²) in [6, 6.07) is 22.1. The van der Waals surface area contributed by atoms with Crippen molar-refractivity contribution in [1.82, 2.24) is 0 Å². The fourth-order valence-electron chi connectivity index (χ4n) is 14.1. The first-order valence-electron chi connectivity index (χ1n) is 26.8. The minimum Gasteiger partial charge on any atom is -0.511 e. The monoisotopic (exact) mass is 954 g/mol. The number of rotatable bonds is 19. The number of benzene rings is 3. The van der Waals surface area contributed by atoms with E-state index >= 15 is 0 Å². The Morgan fingerprint density at radius 1 is 0.900 bits per heavy atom. The van der Waals surface area contributed by atoms with Gasteiger partial charge in [-0.05, 0) is 165 Å². The van der Waals surface area contributed by atoms with Crippen molar-refractivity contribution in [3.05, 3.63) is 123 Å². The first kappa shape index (κ1) is 51.5. The van der Waals surface area contributed by atoms with Gasteiger partial charge in [0.25, 0.3) is 0 Å². The highest BCUT2D eigenvalue weighted by atomic mass is 16.5. The minimum atomic E-state index is -2.67. The number of hydrogen-bond acceptors (Lipinski definition) is 8. The zero-order valence-corrected chi connectivity index (χ0v) is 41.5. The van der Waals surface area contributed by atoms with E-state index in [1.165, 1.54) is 31.3 Å². The van der Waals surface area contributed by atoms with Gasteiger partial charge in [0, 0.05) is 28.4 Å². The van der Waals surface area contributed by atoms with E-state index in [2.05, 4.69) is 43.3 Å². The van der Waals surface area contributed by atoms with Gasteiger partial charge >= 0.3 is 5.97 Å². The van der Waals surface area contributed by atoms with E-state index in [9.17, 15) is 39.9 Å². The summed E-state index contributed by atoms with van der Waals surface area (Å²) in [5.74, 6) is -6.19. The second kappa shape index (κ2) is 22.7. The average molecular weight is 954 g/mol. The van der Waals surface area contributed by atoms with Crippen LogP contribution in [0.15, 0.2) is 90.5 Å². The van der Waals surface area contributed by atoms with E-state index in [1.54, 1.807) is 6.08 Å². The van der Waals surface area contributed by atoms with Crippen LogP contribution in [0, 0.1) is 46.8 Å². The first-order valence-corrected chi connectivity index (χ1v) is 26.8. The maximum absolute atomic E-state index is 14.1. The largest absolute Gasteiger partial charge is 0.511 e. The molecule has 9 heteroatoms. The Kier molecular flexibility index (Phi) is 16.7. The van der Waals surface area contributed by atoms with Gasteiger partial charge in [0.2, 0.25) is 0 Å². The van der Waals surface area contributed by atoms with Gasteiger partial charge < -0.3 is 40.9 Å². The summed E-state index contributed by atoms with van der Waals surface area (Å²) in [6.07, 6.45) is 26.8. The predicted octanol–water partition coefficient (Wildman–Crippen LogP) is 10.0. The number of aldehydes is 2. The molecule has 0 aromatic heterocycles. The van der Waals surface area contributed by atoms with Crippen molar-refractivity contribution in [3.8, 4) is 5.75 Å². The third kappa shape index (κ3) is 11.4. The number of fused-ring (bicyclic) bond motifs is 5. The topological polar surface area (TPSA) is 178 Å². The average Bonchev–Trinajstić information content (AvgIpc) is 4.00. The molecule has 70 heavy (non-hydrogen) atoms. The smallest absolute Gasteiger partial charge is 0.308 e. The van der Waals surface area contributed by atoms with Gasteiger partial charge in [-0.25, -0.2) is 0 Å². The summed E-state index contributed by atoms with van der Waals surface area (Å²) < 4.78 is 0. The van der Waals surface area contributed by atoms with Gasteiger partial charge in [0.15, 0.2) is 5.79 Å². The van der Waals surface area contributed by atoms with E-state index in [0.717, 1.165) is 110 Å². The van der Waals surface area contributed by atoms with E-state index in [4.69, 9.17) is 5.73 Å². The van der Waals surface area contributed by atoms with Crippen molar-refractivity contribution in [2.24, 2.45) is 52.6 Å². The summed E-state index contributed by atoms with van der Waals surface area (Å²) in [5, 5.41) is 60.4. The molecule has 9 atom stereocenters. The number of allylic oxidation sites excluding steroid dienone is 2. The van der Waals surface area contributed by atoms with Gasteiger partial charge in [-0.3, -0.25) is 4.79 Å². The Bertz CT molecular complexity index is 2500. The van der Waals surface area contributed by atoms with E-state index in [0.29, 0.717) is 49.7 Å². The van der Waals surface area contributed by atoms with Crippen LogP contribution in [0.2, 0.25) is 0 Å². The normalized spacial score (nSPS) is 28.3. The molecule has 3 aromatic carbocycles. The number of unbranched alkanes of at least 4 members (excludes halogenated alkanes) is 2. The molecular formula is C61H79NO8. The quantitative estimate of drug-likeness (QED) is 0.0295. The molecule has 0 radical (unpaired) electrons. The van der Waals surface area contributed by atoms with Crippen LogP contribution in [-0.2, 0) is 32.6 Å². The second-order valence-corrected chi connectivity index (χ2v) is 22.6. The van der Waals surface area contributed by atoms with Crippen molar-refractivity contribution >= 4 is 30.4 Å². The molecule has 1 spiro atoms. The van der Waals surface area contributed by atoms with Gasteiger partial charge in [-0.2, -0.15) is 0 Å². The third-order valence-electron chi connectivity index (χ3n) is 18.1. The number of carbonyl (C=O) groups is 3. The number of hydrogen-bond donors (Lipinski definition) is 6. The second-order valence-electron chi connectivity index (χ2n) is 22.6. The van der Waals surface area contributed by atoms with Crippen molar-refractivity contribution in [3.63, 3.8) is 0 Å². The molecule has 0 amide bonds. The molecule has 8 rings (SSSR count). The Morgan fingerprint density at radius 2 is 1.71 bits per heavy atom. The fourth-order valence-corrected chi connectivity index (χ4v) is 14.1. The van der Waals surface area contributed by atoms with Gasteiger partial charge in [-0.15, -0.1) is 0 Å². The summed E-state index contributed by atoms with van der Waals surface area (Å²) in [5.41, 5.74) is 10.3. The molecular weight excluding hydrogens is 875 g/mol. The number of aryl methyl sites for hydroxylation is 1. The number of phenolic OH excluding ortho intramolecular Hbond substituents is 1. The van der Waals surface area contributed by atoms with Crippen LogP contribution in [0.4, 0.5) is 0 Å². The maximum atomic E-state index is 14.1. The van der Waals surface area contributed by atoms with E-state index in [-0.39, 0.29) is 41.8 Å². The third-order valence-corrected chi connectivity index (χ3v) is 18.1. The van der Waals surface area contributed by atoms with E-state index in [1.807, 2.05) is 48.5 Å². The zero-order valence-electron chi connectivity index (χ0n) is 41.5. The number of carbonyl (C=O) groups excluding carboxylic acids is 2. The molecule has 376 valence electrons. The van der Waals surface area contributed by atoms with E-state index < -0.39 is 41.3 Å². The van der Waals surface area contributed by atoms with Crippen LogP contribution in [0.3, 0.4) is 0 Å². The van der Waals surface area contributed by atoms with Crippen molar-refractivity contribution in [2.75, 3.05) is 6.54 Å². The lowest BCUT2D eigenvalue weighted by Gasteiger charge is -2.51. The molecule has 7 N–H and O–H groups in total. The lowest BCUT2D eigenvalue weighted by Crippen LogP contribution is -2.55. The number of aliphatic carboxylic acids is 1. The lowest BCUT2D eigenvalue weighted by atomic mass is 9.52. The summed E-state index contributed by atoms with van der Waals surface area (Å²) in [6.45, 7) is 3.03. The van der Waals surface area contributed by atoms with Gasteiger partial charge in [0.1, 0.15) is 24.1 Å². The van der Waals surface area contributed by atoms with Crippen molar-refractivity contribution in [1.29, 1.82) is 0 Å². The molecule has 2 fully saturated rings. The number of aromatic hydroxyl groups is 1. The van der Waals surface area contributed by atoms with Crippen LogP contribution in [0.5, 0.6) is 5.75 Å². The number of phenols is 1. The Morgan fingerprint density at radius 3 is 2.49 bits per heavy atom. The molecule has 0 unspecified atom stereocenters. The molecule has 0 aliphatic heterocycles. The number of carboxylic acids is 1. The minimum absolute atomic E-state index is 0.0106. The Balaban J connectivity index is 1.16. The highest BCUT2D eigenvalue weighted by Gasteiger charge is 2.57. The first-order chi connectivity index (χ1) is 33.8. The van der Waals surface area contributed by atoms with Gasteiger partial charge in [-0.1, -0.05) is 130 Å². The standard InChI is InChI=1S/C61H79NO8/c1-59(27-7-8-28-59)29-11-17-48-38-46(23-24-55(48)65)52-36-42-12-9-18-50(35-42)60(30-25-47-37-45-14-5-6-19-51(45)57(66)53(47)39-60)56(58(67)68)54(61(69,70)31-33-63)20-10-16-43(52)13-3-2-4-15-49(40-64)44-22-21-41(34-44)26-32-62/h5-6,9-10,12,14,18-20,23-24,33-35,37-38,40,43-44,47,49,52-54,56,65-66,69-70H,2-4,7-8,11,13,15-17,21-22,25-32,36,39,62H2,1H3,(H,67,68)/b20-10+/t43-,44+,47-,49-,52+,53-,54-,56-,60+/m1/s1. The molecule has 5 aliphatic rings. The summed E-state index contributed by atoms with van der Waals surface area (Å²) in [7, 11) is 0. The SMILES string of the molecule is CC1(CCCc2cc([C@H]3Cc4cccc(c4)[C@@]4(CC[C@@H]5C=c6ccccc6=C(O)[C@@H]5C4)[C@@H](C(=O)O)[C@H](C(O)(O)CC=O)/C=C/C[C@H]3CCCCC[C@H](C=O)[C@@H]3C=C(CCN)CC3)ccc2O)CCCC1. The molecule has 0 saturated heterocycles. The van der Waals surface area contributed by atoms with Crippen molar-refractivity contribution in [2.45, 2.75) is 159 Å². The number of nitrogens with two attached hydrogens (primary N) is 1. The Hall–Kier alpha value is -4.83. The lowest BCUT2D eigenvalue weighted by molar-refractivity contribution is -0.212. The van der Waals surface area contributed by atoms with Crippen LogP contribution in [0.25, 0.3) is 11.8 Å². The molecule has 2 saturated carbocycles. The van der Waals surface area contributed by atoms with Crippen molar-refractivity contribution < 1.29 is 39.9 Å². The molecule has 9 nitrogen and oxygen atoms in total. The van der Waals surface area contributed by atoms with Gasteiger partial charge in [0.05, 0.1) is 12.3 Å². The number of aliphatic hydroxyl groups excluding tert-OH is 1. The van der Waals surface area contributed by atoms with Crippen LogP contribution >= 0.6 is 0 Å². The Labute approximate surface area is 415 Å². The predicted molar refractivity (Wildman–Crippen MR) is 276 cm³/mol. The number of aliphatic hydroxyl groups is 3. The number of carboxylic acid groups (broad SMARTS) is 1. The maximum Gasteiger partial charge on any atom is 0.308 e. The molecule has 0 heterocycles.